The van der Waals surface area contributed by atoms with Crippen molar-refractivity contribution in [1.82, 2.24) is 16.0 Å². The topological polar surface area (TPSA) is 70.2 Å². The fraction of sp³-hybridized carbons (Fsp3) is 0.875. The molecule has 1 saturated carbocycles. The van der Waals surface area contributed by atoms with Crippen LogP contribution in [0, 0.1) is 5.92 Å². The molecule has 0 aromatic rings. The van der Waals surface area contributed by atoms with Crippen molar-refractivity contribution in [2.24, 2.45) is 5.92 Å². The zero-order valence-corrected chi connectivity index (χ0v) is 14.6. The molecule has 0 radical (unpaired) electrons. The molecule has 5 nitrogen and oxygen atoms in total. The number of carbonyl (C=O) groups is 2. The summed E-state index contributed by atoms with van der Waals surface area (Å²) in [6.07, 6.45) is 5.36. The van der Waals surface area contributed by atoms with Gasteiger partial charge in [-0.25, -0.2) is 4.79 Å². The number of amides is 3. The van der Waals surface area contributed by atoms with Gasteiger partial charge in [-0.2, -0.15) is 11.8 Å². The average molecular weight is 327 g/mol. The minimum Gasteiger partial charge on any atom is -0.349 e. The molecule has 0 aromatic heterocycles. The zero-order valence-electron chi connectivity index (χ0n) is 13.7. The maximum atomic E-state index is 12.0. The van der Waals surface area contributed by atoms with E-state index in [-0.39, 0.29) is 23.5 Å². The molecule has 1 aliphatic carbocycles. The van der Waals surface area contributed by atoms with Crippen LogP contribution in [0.3, 0.4) is 0 Å². The van der Waals surface area contributed by atoms with Crippen molar-refractivity contribution in [3.8, 4) is 0 Å². The van der Waals surface area contributed by atoms with Gasteiger partial charge in [-0.3, -0.25) is 4.79 Å². The first-order valence-electron chi connectivity index (χ1n) is 8.45. The van der Waals surface area contributed by atoms with E-state index >= 15 is 0 Å². The van der Waals surface area contributed by atoms with Gasteiger partial charge < -0.3 is 16.0 Å². The Kier molecular flexibility index (Phi) is 6.41. The predicted octanol–water partition coefficient (Wildman–Crippen LogP) is 2.27. The van der Waals surface area contributed by atoms with Gasteiger partial charge in [0, 0.05) is 13.0 Å². The molecule has 3 N–H and O–H groups in total. The standard InChI is InChI=1S/C16H29N3O2S/c1-12(2)11-22-10-4-9-17-15(21)18-13-5-6-14(20)19-16(13)7-3-8-16/h12-13H,3-11H2,1-2H3,(H,19,20)(H2,17,18,21)/t13-/m0/s1. The minimum atomic E-state index is -0.167. The first-order valence-corrected chi connectivity index (χ1v) is 9.60. The highest BCUT2D eigenvalue weighted by Crippen LogP contribution is 2.38. The van der Waals surface area contributed by atoms with Gasteiger partial charge in [-0.15, -0.1) is 0 Å². The number of rotatable bonds is 7. The van der Waals surface area contributed by atoms with Crippen LogP contribution in [0.25, 0.3) is 0 Å². The van der Waals surface area contributed by atoms with Gasteiger partial charge in [0.05, 0.1) is 11.6 Å². The van der Waals surface area contributed by atoms with Crippen LogP contribution in [0.5, 0.6) is 0 Å². The lowest BCUT2D eigenvalue weighted by Crippen LogP contribution is -2.69. The van der Waals surface area contributed by atoms with E-state index in [0.29, 0.717) is 13.0 Å². The van der Waals surface area contributed by atoms with E-state index in [2.05, 4.69) is 29.8 Å². The number of urea groups is 1. The van der Waals surface area contributed by atoms with Crippen LogP contribution in [0.4, 0.5) is 4.79 Å². The highest BCUT2D eigenvalue weighted by atomic mass is 32.2. The second-order valence-corrected chi connectivity index (χ2v) is 8.02. The summed E-state index contributed by atoms with van der Waals surface area (Å²) in [5.74, 6) is 3.11. The molecule has 1 aliphatic heterocycles. The zero-order chi connectivity index (χ0) is 16.0. The summed E-state index contributed by atoms with van der Waals surface area (Å²) in [6.45, 7) is 5.15. The Balaban J connectivity index is 1.63. The number of thioether (sulfide) groups is 1. The van der Waals surface area contributed by atoms with Gasteiger partial charge in [0.25, 0.3) is 0 Å². The van der Waals surface area contributed by atoms with Gasteiger partial charge in [0.1, 0.15) is 0 Å². The molecule has 126 valence electrons. The van der Waals surface area contributed by atoms with Crippen LogP contribution in [-0.2, 0) is 4.79 Å². The van der Waals surface area contributed by atoms with E-state index in [1.54, 1.807) is 0 Å². The quantitative estimate of drug-likeness (QED) is 0.628. The highest BCUT2D eigenvalue weighted by Gasteiger charge is 2.48. The Morgan fingerprint density at radius 1 is 1.45 bits per heavy atom. The number of hydrogen-bond acceptors (Lipinski definition) is 3. The van der Waals surface area contributed by atoms with Crippen molar-refractivity contribution >= 4 is 23.7 Å². The van der Waals surface area contributed by atoms with Crippen LogP contribution < -0.4 is 16.0 Å². The fourth-order valence-corrected chi connectivity index (χ4v) is 4.11. The van der Waals surface area contributed by atoms with Crippen molar-refractivity contribution in [2.45, 2.75) is 64.0 Å². The molecule has 1 saturated heterocycles. The molecular formula is C16H29N3O2S. The molecule has 1 spiro atoms. The second-order valence-electron chi connectivity index (χ2n) is 6.87. The van der Waals surface area contributed by atoms with E-state index in [4.69, 9.17) is 0 Å². The molecule has 2 fully saturated rings. The minimum absolute atomic E-state index is 0.0780. The Morgan fingerprint density at radius 3 is 2.86 bits per heavy atom. The number of hydrogen-bond donors (Lipinski definition) is 3. The van der Waals surface area contributed by atoms with Crippen molar-refractivity contribution in [1.29, 1.82) is 0 Å². The van der Waals surface area contributed by atoms with Crippen molar-refractivity contribution in [2.75, 3.05) is 18.1 Å². The van der Waals surface area contributed by atoms with E-state index in [1.165, 1.54) is 5.75 Å². The Bertz CT molecular complexity index is 397. The molecule has 0 aromatic carbocycles. The Morgan fingerprint density at radius 2 is 2.23 bits per heavy atom. The summed E-state index contributed by atoms with van der Waals surface area (Å²) < 4.78 is 0. The van der Waals surface area contributed by atoms with E-state index in [1.807, 2.05) is 11.8 Å². The fourth-order valence-electron chi connectivity index (χ4n) is 3.12. The van der Waals surface area contributed by atoms with Crippen LogP contribution in [0.1, 0.15) is 52.4 Å². The molecule has 6 heteroatoms. The summed E-state index contributed by atoms with van der Waals surface area (Å²) in [5.41, 5.74) is -0.167. The molecule has 1 atom stereocenters. The van der Waals surface area contributed by atoms with Gasteiger partial charge >= 0.3 is 6.03 Å². The van der Waals surface area contributed by atoms with Gasteiger partial charge in [0.15, 0.2) is 0 Å². The maximum absolute atomic E-state index is 12.0. The van der Waals surface area contributed by atoms with Crippen LogP contribution in [-0.4, -0.2) is 41.6 Å². The molecule has 3 amide bonds. The maximum Gasteiger partial charge on any atom is 0.315 e. The van der Waals surface area contributed by atoms with Crippen LogP contribution in [0.2, 0.25) is 0 Å². The summed E-state index contributed by atoms with van der Waals surface area (Å²) in [6, 6.07) is -0.0180. The van der Waals surface area contributed by atoms with Crippen molar-refractivity contribution in [3.05, 3.63) is 0 Å². The smallest absolute Gasteiger partial charge is 0.315 e. The molecule has 22 heavy (non-hydrogen) atoms. The largest absolute Gasteiger partial charge is 0.349 e. The number of carbonyl (C=O) groups excluding carboxylic acids is 2. The third kappa shape index (κ3) is 4.80. The Labute approximate surface area is 137 Å². The first-order chi connectivity index (χ1) is 10.5. The molecule has 0 bridgehead atoms. The third-order valence-corrected chi connectivity index (χ3v) is 5.95. The Hall–Kier alpha value is -0.910. The molecular weight excluding hydrogens is 298 g/mol. The van der Waals surface area contributed by atoms with E-state index in [9.17, 15) is 9.59 Å². The second kappa shape index (κ2) is 8.09. The van der Waals surface area contributed by atoms with Gasteiger partial charge in [0.2, 0.25) is 5.91 Å². The number of piperidine rings is 1. The summed E-state index contributed by atoms with van der Waals surface area (Å²) in [4.78, 5) is 23.6. The van der Waals surface area contributed by atoms with Crippen molar-refractivity contribution in [3.63, 3.8) is 0 Å². The SMILES string of the molecule is CC(C)CSCCCNC(=O)N[C@H]1CCC(=O)NC12CCC2. The average Bonchev–Trinajstić information content (AvgIpc) is 2.42. The molecule has 2 aliphatic rings. The summed E-state index contributed by atoms with van der Waals surface area (Å²) >= 11 is 1.94. The first kappa shape index (κ1) is 17.4. The van der Waals surface area contributed by atoms with Gasteiger partial charge in [-0.05, 0) is 49.5 Å². The normalized spacial score (nSPS) is 23.0. The van der Waals surface area contributed by atoms with E-state index in [0.717, 1.165) is 43.8 Å². The van der Waals surface area contributed by atoms with Crippen molar-refractivity contribution < 1.29 is 9.59 Å². The van der Waals surface area contributed by atoms with E-state index < -0.39 is 0 Å². The van der Waals surface area contributed by atoms with Crippen LogP contribution >= 0.6 is 11.8 Å². The molecule has 0 unspecified atom stereocenters. The predicted molar refractivity (Wildman–Crippen MR) is 91.1 cm³/mol. The van der Waals surface area contributed by atoms with Crippen LogP contribution in [0.15, 0.2) is 0 Å². The molecule has 2 rings (SSSR count). The lowest BCUT2D eigenvalue weighted by Gasteiger charge is -2.50. The summed E-state index contributed by atoms with van der Waals surface area (Å²) in [5, 5.41) is 9.10. The third-order valence-electron chi connectivity index (χ3n) is 4.47. The number of nitrogens with one attached hydrogen (secondary N) is 3. The highest BCUT2D eigenvalue weighted by molar-refractivity contribution is 7.99. The lowest BCUT2D eigenvalue weighted by molar-refractivity contribution is -0.127. The summed E-state index contributed by atoms with van der Waals surface area (Å²) in [7, 11) is 0. The monoisotopic (exact) mass is 327 g/mol. The lowest BCUT2D eigenvalue weighted by atomic mass is 9.68. The van der Waals surface area contributed by atoms with Gasteiger partial charge in [-0.1, -0.05) is 13.8 Å². The molecule has 1 heterocycles.